The van der Waals surface area contributed by atoms with Crippen LogP contribution < -0.4 is 4.72 Å². The first kappa shape index (κ1) is 20.0. The van der Waals surface area contributed by atoms with Gasteiger partial charge in [-0.3, -0.25) is 4.90 Å². The van der Waals surface area contributed by atoms with E-state index in [0.29, 0.717) is 29.5 Å². The van der Waals surface area contributed by atoms with Crippen molar-refractivity contribution in [2.45, 2.75) is 38.1 Å². The summed E-state index contributed by atoms with van der Waals surface area (Å²) in [6.45, 7) is 9.41. The normalized spacial score (nSPS) is 17.1. The minimum Gasteiger partial charge on any atom is -0.379 e. The lowest BCUT2D eigenvalue weighted by atomic mass is 10.1. The van der Waals surface area contributed by atoms with Crippen LogP contribution in [0.15, 0.2) is 33.7 Å². The summed E-state index contributed by atoms with van der Waals surface area (Å²) in [4.78, 5) is 2.60. The molecule has 1 fully saturated rings. The summed E-state index contributed by atoms with van der Waals surface area (Å²) in [6.07, 6.45) is 0.749. The number of aromatic nitrogens is 1. The zero-order valence-corrected chi connectivity index (χ0v) is 16.9. The van der Waals surface area contributed by atoms with Gasteiger partial charge in [-0.05, 0) is 38.8 Å². The Balaban J connectivity index is 1.67. The van der Waals surface area contributed by atoms with E-state index in [1.807, 2.05) is 13.0 Å². The summed E-state index contributed by atoms with van der Waals surface area (Å²) < 4.78 is 39.0. The first-order chi connectivity index (χ1) is 12.9. The van der Waals surface area contributed by atoms with Gasteiger partial charge in [0, 0.05) is 37.3 Å². The molecule has 0 saturated carbocycles. The second kappa shape index (κ2) is 8.52. The van der Waals surface area contributed by atoms with Crippen molar-refractivity contribution in [3.05, 3.63) is 35.5 Å². The predicted octanol–water partition coefficient (Wildman–Crippen LogP) is 2.35. The molecule has 148 valence electrons. The fourth-order valence-corrected chi connectivity index (χ4v) is 4.54. The molecule has 0 radical (unpaired) electrons. The second-order valence-corrected chi connectivity index (χ2v) is 8.73. The number of nitrogens with one attached hydrogen (secondary N) is 1. The minimum atomic E-state index is -3.60. The highest BCUT2D eigenvalue weighted by Gasteiger charge is 2.21. The molecule has 0 unspecified atom stereocenters. The second-order valence-electron chi connectivity index (χ2n) is 7.00. The van der Waals surface area contributed by atoms with Gasteiger partial charge in [0.15, 0.2) is 5.76 Å². The van der Waals surface area contributed by atoms with E-state index in [4.69, 9.17) is 9.26 Å². The van der Waals surface area contributed by atoms with E-state index in [-0.39, 0.29) is 4.90 Å². The van der Waals surface area contributed by atoms with Gasteiger partial charge in [0.25, 0.3) is 0 Å². The van der Waals surface area contributed by atoms with Crippen LogP contribution in [0.4, 0.5) is 0 Å². The molecule has 0 spiro atoms. The topological polar surface area (TPSA) is 84.7 Å². The smallest absolute Gasteiger partial charge is 0.240 e. The first-order valence-electron chi connectivity index (χ1n) is 9.22. The van der Waals surface area contributed by atoms with E-state index in [0.717, 1.165) is 38.4 Å². The molecule has 1 N–H and O–H groups in total. The molecule has 3 rings (SSSR count). The van der Waals surface area contributed by atoms with E-state index in [2.05, 4.69) is 21.7 Å². The van der Waals surface area contributed by atoms with Gasteiger partial charge in [0.05, 0.1) is 23.8 Å². The van der Waals surface area contributed by atoms with Crippen LogP contribution >= 0.6 is 0 Å². The van der Waals surface area contributed by atoms with E-state index in [9.17, 15) is 8.42 Å². The van der Waals surface area contributed by atoms with Gasteiger partial charge < -0.3 is 9.26 Å². The maximum atomic E-state index is 12.8. The zero-order valence-electron chi connectivity index (χ0n) is 16.1. The summed E-state index contributed by atoms with van der Waals surface area (Å²) >= 11 is 0. The third-order valence-corrected chi connectivity index (χ3v) is 6.52. The van der Waals surface area contributed by atoms with E-state index < -0.39 is 10.0 Å². The van der Waals surface area contributed by atoms with Crippen LogP contribution in [0, 0.1) is 13.8 Å². The SMILES string of the molecule is Cc1cc(-c2ccc(C)c(S(=O)(=O)NCC[C@@H](C)N3CCOCC3)c2)on1. The van der Waals surface area contributed by atoms with Crippen LogP contribution in [0.1, 0.15) is 24.6 Å². The van der Waals surface area contributed by atoms with Crippen molar-refractivity contribution in [2.75, 3.05) is 32.8 Å². The van der Waals surface area contributed by atoms with Crippen LogP contribution in [0.3, 0.4) is 0 Å². The standard InChI is InChI=1S/C19H27N3O4S/c1-14-4-5-17(18-12-15(2)21-26-18)13-19(14)27(23,24)20-7-6-16(3)22-8-10-25-11-9-22/h4-5,12-13,16,20H,6-11H2,1-3H3/t16-/m1/s1. The predicted molar refractivity (Wildman–Crippen MR) is 103 cm³/mol. The lowest BCUT2D eigenvalue weighted by Gasteiger charge is -2.32. The molecule has 1 atom stereocenters. The summed E-state index contributed by atoms with van der Waals surface area (Å²) in [5, 5.41) is 3.87. The van der Waals surface area contributed by atoms with Crippen LogP contribution in [-0.4, -0.2) is 57.4 Å². The van der Waals surface area contributed by atoms with Crippen LogP contribution in [0.5, 0.6) is 0 Å². The van der Waals surface area contributed by atoms with Gasteiger partial charge in [-0.2, -0.15) is 0 Å². The van der Waals surface area contributed by atoms with Gasteiger partial charge in [-0.25, -0.2) is 13.1 Å². The molecule has 0 amide bonds. The Kier molecular flexibility index (Phi) is 6.31. The number of benzene rings is 1. The Hall–Kier alpha value is -1.74. The van der Waals surface area contributed by atoms with Gasteiger partial charge in [0.2, 0.25) is 10.0 Å². The maximum absolute atomic E-state index is 12.8. The van der Waals surface area contributed by atoms with E-state index in [1.165, 1.54) is 0 Å². The van der Waals surface area contributed by atoms with Crippen molar-refractivity contribution in [1.29, 1.82) is 0 Å². The Morgan fingerprint density at radius 3 is 2.63 bits per heavy atom. The molecule has 2 aromatic rings. The zero-order chi connectivity index (χ0) is 19.4. The number of sulfonamides is 1. The molecule has 1 aromatic carbocycles. The summed E-state index contributed by atoms with van der Waals surface area (Å²) in [5.74, 6) is 0.560. The number of aryl methyl sites for hydroxylation is 2. The lowest BCUT2D eigenvalue weighted by Crippen LogP contribution is -2.43. The van der Waals surface area contributed by atoms with Crippen molar-refractivity contribution in [1.82, 2.24) is 14.8 Å². The molecule has 1 aromatic heterocycles. The molecular weight excluding hydrogens is 366 g/mol. The van der Waals surface area contributed by atoms with Gasteiger partial charge >= 0.3 is 0 Å². The quantitative estimate of drug-likeness (QED) is 0.777. The molecule has 7 nitrogen and oxygen atoms in total. The number of hydrogen-bond donors (Lipinski definition) is 1. The largest absolute Gasteiger partial charge is 0.379 e. The van der Waals surface area contributed by atoms with Crippen molar-refractivity contribution in [3.8, 4) is 11.3 Å². The van der Waals surface area contributed by atoms with Gasteiger partial charge in [-0.1, -0.05) is 17.3 Å². The molecule has 0 aliphatic carbocycles. The molecule has 1 saturated heterocycles. The summed E-state index contributed by atoms with van der Waals surface area (Å²) in [7, 11) is -3.60. The monoisotopic (exact) mass is 393 g/mol. The number of ether oxygens (including phenoxy) is 1. The highest BCUT2D eigenvalue weighted by atomic mass is 32.2. The Labute approximate surface area is 160 Å². The number of nitrogens with zero attached hydrogens (tertiary/aromatic N) is 2. The molecule has 1 aliphatic rings. The maximum Gasteiger partial charge on any atom is 0.240 e. The minimum absolute atomic E-state index is 0.271. The number of morpholine rings is 1. The highest BCUT2D eigenvalue weighted by molar-refractivity contribution is 7.89. The lowest BCUT2D eigenvalue weighted by molar-refractivity contribution is 0.0190. The molecule has 8 heteroatoms. The molecule has 0 bridgehead atoms. The number of rotatable bonds is 7. The van der Waals surface area contributed by atoms with Crippen molar-refractivity contribution < 1.29 is 17.7 Å². The van der Waals surface area contributed by atoms with Crippen LogP contribution in [0.2, 0.25) is 0 Å². The molecule has 27 heavy (non-hydrogen) atoms. The Bertz CT molecular complexity index is 873. The van der Waals surface area contributed by atoms with Crippen molar-refractivity contribution in [3.63, 3.8) is 0 Å². The summed E-state index contributed by atoms with van der Waals surface area (Å²) in [5.41, 5.74) is 2.15. The Morgan fingerprint density at radius 2 is 1.96 bits per heavy atom. The first-order valence-corrected chi connectivity index (χ1v) is 10.7. The Morgan fingerprint density at radius 1 is 1.22 bits per heavy atom. The van der Waals surface area contributed by atoms with Gasteiger partial charge in [-0.15, -0.1) is 0 Å². The van der Waals surface area contributed by atoms with Gasteiger partial charge in [0.1, 0.15) is 0 Å². The fraction of sp³-hybridized carbons (Fsp3) is 0.526. The van der Waals surface area contributed by atoms with E-state index in [1.54, 1.807) is 25.1 Å². The van der Waals surface area contributed by atoms with Crippen molar-refractivity contribution in [2.24, 2.45) is 0 Å². The number of hydrogen-bond acceptors (Lipinski definition) is 6. The van der Waals surface area contributed by atoms with E-state index >= 15 is 0 Å². The fourth-order valence-electron chi connectivity index (χ4n) is 3.22. The highest BCUT2D eigenvalue weighted by Crippen LogP contribution is 2.25. The third-order valence-electron chi connectivity index (χ3n) is 4.91. The molecule has 2 heterocycles. The third kappa shape index (κ3) is 4.95. The molecule has 1 aliphatic heterocycles. The van der Waals surface area contributed by atoms with Crippen molar-refractivity contribution >= 4 is 10.0 Å². The summed E-state index contributed by atoms with van der Waals surface area (Å²) in [6, 6.07) is 7.37. The van der Waals surface area contributed by atoms with Crippen LogP contribution in [-0.2, 0) is 14.8 Å². The molecular formula is C19H27N3O4S. The average molecular weight is 394 g/mol. The average Bonchev–Trinajstić information content (AvgIpc) is 3.09. The van der Waals surface area contributed by atoms with Crippen LogP contribution in [0.25, 0.3) is 11.3 Å².